The highest BCUT2D eigenvalue weighted by Crippen LogP contribution is 2.31. The smallest absolute Gasteiger partial charge is 0.229 e. The van der Waals surface area contributed by atoms with Gasteiger partial charge in [-0.05, 0) is 227 Å². The highest BCUT2D eigenvalue weighted by atomic mass is 32.2. The van der Waals surface area contributed by atoms with Crippen LogP contribution >= 0.6 is 0 Å². The number of nitrogens with zero attached hydrogens (tertiary/aromatic N) is 9. The second kappa shape index (κ2) is 35.1. The molecule has 1 amide bonds. The van der Waals surface area contributed by atoms with Gasteiger partial charge >= 0.3 is 0 Å². The number of nitrogens with one attached hydrogen (secondary N) is 8. The number of hydrogen-bond donors (Lipinski definition) is 8. The van der Waals surface area contributed by atoms with Crippen LogP contribution in [-0.4, -0.2) is 145 Å². The first kappa shape index (κ1) is 71.2. The number of sulfone groups is 1. The second-order valence-electron chi connectivity index (χ2n) is 25.6. The van der Waals surface area contributed by atoms with E-state index in [1.54, 1.807) is 43.9 Å². The number of carbonyl (C=O) groups excluding carboxylic acids is 1. The van der Waals surface area contributed by atoms with Gasteiger partial charge in [0.05, 0.1) is 23.4 Å². The highest BCUT2D eigenvalue weighted by Gasteiger charge is 2.29. The van der Waals surface area contributed by atoms with Gasteiger partial charge in [-0.1, -0.05) is 24.6 Å². The van der Waals surface area contributed by atoms with Crippen LogP contribution in [0.5, 0.6) is 17.2 Å². The van der Waals surface area contributed by atoms with E-state index in [-0.39, 0.29) is 11.2 Å². The number of piperidine rings is 1. The molecule has 1 saturated carbocycles. The van der Waals surface area contributed by atoms with Crippen molar-refractivity contribution in [2.75, 3.05) is 122 Å². The fraction of sp³-hybridized carbons (Fsp3) is 0.355. The first-order valence-electron chi connectivity index (χ1n) is 34.6. The monoisotopic (exact) mass is 1370 g/mol. The Labute approximate surface area is 587 Å². The van der Waals surface area contributed by atoms with Crippen molar-refractivity contribution in [1.82, 2.24) is 45.0 Å². The molecule has 4 fully saturated rings. The summed E-state index contributed by atoms with van der Waals surface area (Å²) in [5.41, 5.74) is 9.78. The minimum absolute atomic E-state index is 0.109. The molecule has 9 aromatic rings. The lowest BCUT2D eigenvalue weighted by Gasteiger charge is -2.34. The number of carbonyl (C=O) groups is 1. The number of anilines is 14. The molecule has 0 atom stereocenters. The van der Waals surface area contributed by atoms with Crippen LogP contribution in [0.1, 0.15) is 81.4 Å². The summed E-state index contributed by atoms with van der Waals surface area (Å²) >= 11 is 0. The van der Waals surface area contributed by atoms with Crippen LogP contribution in [0.3, 0.4) is 0 Å². The van der Waals surface area contributed by atoms with Crippen molar-refractivity contribution in [1.29, 1.82) is 0 Å². The molecule has 24 heteroatoms. The topological polar surface area (TPSA) is 262 Å². The molecule has 0 bridgehead atoms. The molecule has 6 heterocycles. The summed E-state index contributed by atoms with van der Waals surface area (Å²) < 4.78 is 43.6. The average molecular weight is 1370 g/mol. The Morgan fingerprint density at radius 2 is 1.01 bits per heavy atom. The van der Waals surface area contributed by atoms with Crippen LogP contribution < -0.4 is 61.6 Å². The number of aromatic nitrogens is 6. The third kappa shape index (κ3) is 21.0. The molecule has 0 radical (unpaired) electrons. The molecule has 3 saturated heterocycles. The average Bonchev–Trinajstić information content (AvgIpc) is 0.842. The molecule has 4 aliphatic rings. The van der Waals surface area contributed by atoms with E-state index in [9.17, 15) is 13.2 Å². The van der Waals surface area contributed by atoms with Crippen molar-refractivity contribution in [2.45, 2.75) is 102 Å². The molecular weight excluding hydrogens is 1280 g/mol. The van der Waals surface area contributed by atoms with Crippen molar-refractivity contribution in [3.63, 3.8) is 0 Å². The summed E-state index contributed by atoms with van der Waals surface area (Å²) in [4.78, 5) is 46.0. The van der Waals surface area contributed by atoms with Crippen LogP contribution in [0.15, 0.2) is 169 Å². The van der Waals surface area contributed by atoms with Crippen molar-refractivity contribution in [3.8, 4) is 17.2 Å². The number of hydrogen-bond acceptors (Lipinski definition) is 22. The zero-order chi connectivity index (χ0) is 69.6. The summed E-state index contributed by atoms with van der Waals surface area (Å²) in [5, 5.41) is 25.4. The summed E-state index contributed by atoms with van der Waals surface area (Å²) in [6.45, 7) is 17.1. The van der Waals surface area contributed by atoms with Gasteiger partial charge in [0.25, 0.3) is 0 Å². The molecule has 100 heavy (non-hydrogen) atoms. The molecule has 3 aromatic heterocycles. The summed E-state index contributed by atoms with van der Waals surface area (Å²) in [6, 6.07) is 46.4. The van der Waals surface area contributed by atoms with Crippen molar-refractivity contribution in [2.24, 2.45) is 0 Å². The van der Waals surface area contributed by atoms with Crippen LogP contribution in [-0.2, 0) is 14.6 Å². The van der Waals surface area contributed by atoms with Crippen molar-refractivity contribution >= 4 is 96.5 Å². The highest BCUT2D eigenvalue weighted by molar-refractivity contribution is 7.92. The molecule has 8 N–H and O–H groups in total. The first-order chi connectivity index (χ1) is 48.6. The van der Waals surface area contributed by atoms with Gasteiger partial charge in [0.2, 0.25) is 23.8 Å². The second-order valence-corrected chi connectivity index (χ2v) is 27.8. The lowest BCUT2D eigenvalue weighted by molar-refractivity contribution is -0.114. The Kier molecular flexibility index (Phi) is 25.0. The first-order valence-corrected chi connectivity index (χ1v) is 36.1. The Morgan fingerprint density at radius 1 is 0.520 bits per heavy atom. The van der Waals surface area contributed by atoms with Gasteiger partial charge in [0, 0.05) is 126 Å². The summed E-state index contributed by atoms with van der Waals surface area (Å²) in [7, 11) is 0.428. The van der Waals surface area contributed by atoms with Gasteiger partial charge in [0.15, 0.2) is 9.84 Å². The predicted octanol–water partition coefficient (Wildman–Crippen LogP) is 14.2. The van der Waals surface area contributed by atoms with E-state index >= 15 is 0 Å². The van der Waals surface area contributed by atoms with E-state index in [1.807, 2.05) is 136 Å². The maximum absolute atomic E-state index is 13.2. The molecule has 13 rings (SSSR count). The Bertz CT molecular complexity index is 4220. The number of piperazine rings is 1. The van der Waals surface area contributed by atoms with Gasteiger partial charge in [-0.25, -0.2) is 23.4 Å². The van der Waals surface area contributed by atoms with E-state index in [0.29, 0.717) is 65.6 Å². The third-order valence-corrected chi connectivity index (χ3v) is 20.0. The largest absolute Gasteiger partial charge is 0.497 e. The number of likely N-dealkylation sites (tertiary alicyclic amines) is 1. The predicted molar refractivity (Wildman–Crippen MR) is 401 cm³/mol. The van der Waals surface area contributed by atoms with E-state index in [1.165, 1.54) is 57.8 Å². The number of rotatable bonds is 23. The maximum Gasteiger partial charge on any atom is 0.229 e. The molecule has 0 unspecified atom stereocenters. The quantitative estimate of drug-likeness (QED) is 0.0296. The molecule has 0 spiro atoms. The molecular formula is C76H93N17O6S. The number of aryl methyl sites for hydroxylation is 3. The Morgan fingerprint density at radius 3 is 1.55 bits per heavy atom. The van der Waals surface area contributed by atoms with Crippen LogP contribution in [0, 0.1) is 20.8 Å². The van der Waals surface area contributed by atoms with Gasteiger partial charge < -0.3 is 66.5 Å². The zero-order valence-corrected chi connectivity index (χ0v) is 58.9. The summed E-state index contributed by atoms with van der Waals surface area (Å²) in [5.74, 6) is 6.01. The summed E-state index contributed by atoms with van der Waals surface area (Å²) in [6.07, 6.45) is 15.6. The number of likely N-dealkylation sites (N-methyl/N-ethyl adjacent to an activating group) is 1. The van der Waals surface area contributed by atoms with Crippen LogP contribution in [0.25, 0.3) is 0 Å². The molecule has 3 aliphatic heterocycles. The Hall–Kier alpha value is -10.1. The van der Waals surface area contributed by atoms with Crippen molar-refractivity contribution < 1.29 is 27.4 Å². The fourth-order valence-corrected chi connectivity index (χ4v) is 13.9. The standard InChI is InChI=1S/C27H35N7O2S.C25H29N5O2.C24H29N5O2/c1-20-19-29-27(31-21-6-8-23(9-7-21)34-16-14-33(2)15-17-34)32-26(20)30-22-4-3-5-25(18-22)37(35,36)24-10-12-28-13-11-24;1-17-16-26-25(30-24(17)28-21-8-6-7-20(15-21)27-18(2)31)29-19-11-13-23(14-12-19)32-22-9-4-3-5-10-22;1-18-17-25-24(28-23(18)26-20-6-5-7-22(16-20)30-2)27-19-8-10-21(11-9-19)31-15-14-29-12-3-4-13-29/h3-9,18-19,24,28H,10-17H2,1-2H3,(H2,29,30,31,32);6-8,11-16,22H,3-5,9-10H2,1-2H3,(H,27,31)(H2,26,28,29,30);5-11,16-17H,3-4,12-15H2,1-2H3,(H2,25,26,27,28). The molecule has 524 valence electrons. The van der Waals surface area contributed by atoms with Gasteiger partial charge in [-0.15, -0.1) is 0 Å². The number of methoxy groups -OCH3 is 1. The van der Waals surface area contributed by atoms with Crippen LogP contribution in [0.2, 0.25) is 0 Å². The van der Waals surface area contributed by atoms with Crippen LogP contribution in [0.4, 0.5) is 80.8 Å². The minimum Gasteiger partial charge on any atom is -0.497 e. The molecule has 23 nitrogen and oxygen atoms in total. The normalized spacial score (nSPS) is 15.2. The maximum atomic E-state index is 13.2. The fourth-order valence-electron chi connectivity index (χ4n) is 12.1. The zero-order valence-electron chi connectivity index (χ0n) is 58.1. The SMILES string of the molecule is CC(=O)Nc1cccc(Nc2nc(Nc3ccc(OC4CCCCC4)cc3)ncc2C)c1.COc1cccc(Nc2nc(Nc3ccc(OCCN4CCCC4)cc3)ncc2C)c1.Cc1cnc(Nc2ccc(N3CCN(C)CC3)cc2)nc1Nc1cccc(S(=O)(=O)C2CCNCC2)c1. The van der Waals surface area contributed by atoms with E-state index in [0.717, 1.165) is 133 Å². The van der Waals surface area contributed by atoms with Gasteiger partial charge in [0.1, 0.15) is 41.3 Å². The Balaban J connectivity index is 0.000000152. The van der Waals surface area contributed by atoms with Gasteiger partial charge in [-0.2, -0.15) is 15.0 Å². The lowest BCUT2D eigenvalue weighted by atomic mass is 9.98. The molecule has 1 aliphatic carbocycles. The molecule has 6 aromatic carbocycles. The number of benzene rings is 6. The van der Waals surface area contributed by atoms with E-state index in [2.05, 4.69) is 106 Å². The lowest BCUT2D eigenvalue weighted by Crippen LogP contribution is -2.44. The number of amides is 1. The number of ether oxygens (including phenoxy) is 3. The minimum atomic E-state index is -3.38. The van der Waals surface area contributed by atoms with Gasteiger partial charge in [-0.3, -0.25) is 9.69 Å². The van der Waals surface area contributed by atoms with E-state index in [4.69, 9.17) is 14.2 Å². The van der Waals surface area contributed by atoms with E-state index < -0.39 is 9.84 Å². The third-order valence-electron chi connectivity index (χ3n) is 17.8. The van der Waals surface area contributed by atoms with Crippen molar-refractivity contribution in [3.05, 3.63) is 181 Å².